The van der Waals surface area contributed by atoms with Crippen molar-refractivity contribution in [1.82, 2.24) is 5.32 Å². The summed E-state index contributed by atoms with van der Waals surface area (Å²) in [6.07, 6.45) is 2.83. The molecule has 4 nitrogen and oxygen atoms in total. The molecular weight excluding hydrogens is 293 g/mol. The van der Waals surface area contributed by atoms with E-state index in [1.807, 2.05) is 0 Å². The van der Waals surface area contributed by atoms with Crippen LogP contribution in [0.3, 0.4) is 0 Å². The van der Waals surface area contributed by atoms with Crippen LogP contribution in [0.1, 0.15) is 24.8 Å². The maximum absolute atomic E-state index is 13.7. The van der Waals surface area contributed by atoms with Crippen molar-refractivity contribution in [2.45, 2.75) is 37.0 Å². The Balaban J connectivity index is 2.17. The molecule has 0 aromatic heterocycles. The molecule has 0 bridgehead atoms. The number of sulfone groups is 1. The van der Waals surface area contributed by atoms with E-state index in [9.17, 15) is 12.8 Å². The van der Waals surface area contributed by atoms with Gasteiger partial charge in [-0.05, 0) is 44.0 Å². The van der Waals surface area contributed by atoms with Gasteiger partial charge >= 0.3 is 0 Å². The molecule has 21 heavy (non-hydrogen) atoms. The highest BCUT2D eigenvalue weighted by molar-refractivity contribution is 7.92. The maximum atomic E-state index is 13.7. The summed E-state index contributed by atoms with van der Waals surface area (Å²) in [6, 6.07) is 4.58. The van der Waals surface area contributed by atoms with Gasteiger partial charge < -0.3 is 10.1 Å². The Hall–Kier alpha value is -1.14. The van der Waals surface area contributed by atoms with Crippen LogP contribution in [0.4, 0.5) is 4.39 Å². The Bertz CT molecular complexity index is 589. The molecular formula is C15H22FNO3S. The maximum Gasteiger partial charge on any atom is 0.165 e. The molecule has 1 fully saturated rings. The molecule has 2 unspecified atom stereocenters. The van der Waals surface area contributed by atoms with Gasteiger partial charge in [0.2, 0.25) is 0 Å². The third kappa shape index (κ3) is 3.74. The first-order chi connectivity index (χ1) is 9.97. The zero-order valence-electron chi connectivity index (χ0n) is 12.4. The van der Waals surface area contributed by atoms with Gasteiger partial charge in [-0.15, -0.1) is 0 Å². The summed E-state index contributed by atoms with van der Waals surface area (Å²) in [7, 11) is 0.119. The zero-order chi connectivity index (χ0) is 15.5. The molecule has 1 aliphatic rings. The van der Waals surface area contributed by atoms with Crippen LogP contribution in [0.2, 0.25) is 0 Å². The summed E-state index contributed by atoms with van der Waals surface area (Å²) < 4.78 is 43.0. The lowest BCUT2D eigenvalue weighted by atomic mass is 9.99. The molecule has 1 aromatic rings. The van der Waals surface area contributed by atoms with Crippen LogP contribution in [0, 0.1) is 5.82 Å². The summed E-state index contributed by atoms with van der Waals surface area (Å²) >= 11 is 0. The van der Waals surface area contributed by atoms with E-state index in [1.54, 1.807) is 19.2 Å². The summed E-state index contributed by atoms with van der Waals surface area (Å²) in [4.78, 5) is 0. The molecule has 1 aliphatic heterocycles. The van der Waals surface area contributed by atoms with Crippen LogP contribution < -0.4 is 10.1 Å². The zero-order valence-corrected chi connectivity index (χ0v) is 13.2. The van der Waals surface area contributed by atoms with Crippen molar-refractivity contribution in [3.63, 3.8) is 0 Å². The highest BCUT2D eigenvalue weighted by Gasteiger charge is 2.34. The number of benzene rings is 1. The van der Waals surface area contributed by atoms with Crippen molar-refractivity contribution in [2.24, 2.45) is 0 Å². The van der Waals surface area contributed by atoms with Crippen LogP contribution >= 0.6 is 0 Å². The van der Waals surface area contributed by atoms with E-state index in [1.165, 1.54) is 13.2 Å². The fraction of sp³-hybridized carbons (Fsp3) is 0.600. The second-order valence-electron chi connectivity index (χ2n) is 5.47. The molecule has 0 spiro atoms. The Morgan fingerprint density at radius 3 is 2.76 bits per heavy atom. The largest absolute Gasteiger partial charge is 0.494 e. The van der Waals surface area contributed by atoms with Crippen molar-refractivity contribution >= 4 is 9.84 Å². The number of hydrogen-bond donors (Lipinski definition) is 1. The predicted octanol–water partition coefficient (Wildman–Crippen LogP) is 1.93. The summed E-state index contributed by atoms with van der Waals surface area (Å²) in [5.74, 6) is 0.0358. The van der Waals surface area contributed by atoms with Crippen LogP contribution in [-0.4, -0.2) is 39.6 Å². The minimum atomic E-state index is -3.06. The van der Waals surface area contributed by atoms with E-state index in [0.717, 1.165) is 18.4 Å². The number of halogens is 1. The highest BCUT2D eigenvalue weighted by Crippen LogP contribution is 2.25. The van der Waals surface area contributed by atoms with Crippen LogP contribution in [0.25, 0.3) is 0 Å². The smallest absolute Gasteiger partial charge is 0.165 e. The van der Waals surface area contributed by atoms with Crippen molar-refractivity contribution in [1.29, 1.82) is 0 Å². The average Bonchev–Trinajstić information content (AvgIpc) is 2.45. The fourth-order valence-corrected chi connectivity index (χ4v) is 5.11. The third-order valence-electron chi connectivity index (χ3n) is 4.12. The van der Waals surface area contributed by atoms with Crippen molar-refractivity contribution < 1.29 is 17.5 Å². The average molecular weight is 315 g/mol. The molecule has 1 aromatic carbocycles. The third-order valence-corrected chi connectivity index (χ3v) is 6.46. The second-order valence-corrected chi connectivity index (χ2v) is 7.81. The van der Waals surface area contributed by atoms with E-state index in [0.29, 0.717) is 12.8 Å². The van der Waals surface area contributed by atoms with E-state index in [4.69, 9.17) is 4.74 Å². The molecule has 118 valence electrons. The Morgan fingerprint density at radius 2 is 2.19 bits per heavy atom. The number of nitrogens with one attached hydrogen (secondary N) is 1. The molecule has 1 heterocycles. The van der Waals surface area contributed by atoms with E-state index in [-0.39, 0.29) is 22.8 Å². The van der Waals surface area contributed by atoms with Gasteiger partial charge in [0, 0.05) is 6.04 Å². The molecule has 2 atom stereocenters. The first-order valence-electron chi connectivity index (χ1n) is 7.19. The van der Waals surface area contributed by atoms with Crippen molar-refractivity contribution in [3.05, 3.63) is 29.6 Å². The van der Waals surface area contributed by atoms with Crippen LogP contribution in [0.5, 0.6) is 5.75 Å². The van der Waals surface area contributed by atoms with E-state index in [2.05, 4.69) is 5.32 Å². The van der Waals surface area contributed by atoms with Gasteiger partial charge in [0.25, 0.3) is 0 Å². The van der Waals surface area contributed by atoms with Gasteiger partial charge in [-0.25, -0.2) is 12.8 Å². The molecule has 6 heteroatoms. The normalized spacial score (nSPS) is 22.7. The molecule has 0 amide bonds. The topological polar surface area (TPSA) is 55.4 Å². The number of likely N-dealkylation sites (N-methyl/N-ethyl adjacent to an activating group) is 1. The number of methoxy groups -OCH3 is 1. The van der Waals surface area contributed by atoms with Crippen molar-refractivity contribution in [3.8, 4) is 5.75 Å². The van der Waals surface area contributed by atoms with Gasteiger partial charge in [0.15, 0.2) is 21.4 Å². The number of ether oxygens (including phenoxy) is 1. The standard InChI is InChI=1S/C15H22FNO3S/c1-17-13(15-5-3-4-8-21(15,18)19)10-11-6-7-14(20-2)12(16)9-11/h6-7,9,13,15,17H,3-5,8,10H2,1-2H3. The SMILES string of the molecule is CNC(Cc1ccc(OC)c(F)c1)C1CCCCS1(=O)=O. The van der Waals surface area contributed by atoms with Gasteiger partial charge in [0.1, 0.15) is 0 Å². The molecule has 1 saturated heterocycles. The first-order valence-corrected chi connectivity index (χ1v) is 8.90. The Kier molecular flexibility index (Phi) is 5.22. The van der Waals surface area contributed by atoms with Gasteiger partial charge in [-0.1, -0.05) is 12.5 Å². The molecule has 2 rings (SSSR count). The lowest BCUT2D eigenvalue weighted by molar-refractivity contribution is 0.385. The van der Waals surface area contributed by atoms with Crippen LogP contribution in [-0.2, 0) is 16.3 Å². The van der Waals surface area contributed by atoms with Gasteiger partial charge in [0.05, 0.1) is 18.1 Å². The lowest BCUT2D eigenvalue weighted by Gasteiger charge is -2.30. The molecule has 0 saturated carbocycles. The first kappa shape index (κ1) is 16.2. The fourth-order valence-electron chi connectivity index (χ4n) is 2.94. The number of rotatable bonds is 5. The highest BCUT2D eigenvalue weighted by atomic mass is 32.2. The summed E-state index contributed by atoms with van der Waals surface area (Å²) in [5.41, 5.74) is 0.772. The second kappa shape index (κ2) is 6.75. The van der Waals surface area contributed by atoms with E-state index >= 15 is 0 Å². The molecule has 0 aliphatic carbocycles. The van der Waals surface area contributed by atoms with E-state index < -0.39 is 15.7 Å². The Labute approximate surface area is 125 Å². The minimum absolute atomic E-state index is 0.192. The van der Waals surface area contributed by atoms with Crippen molar-refractivity contribution in [2.75, 3.05) is 19.9 Å². The Morgan fingerprint density at radius 1 is 1.43 bits per heavy atom. The predicted molar refractivity (Wildman–Crippen MR) is 80.9 cm³/mol. The molecule has 0 radical (unpaired) electrons. The number of hydrogen-bond acceptors (Lipinski definition) is 4. The van der Waals surface area contributed by atoms with Crippen LogP contribution in [0.15, 0.2) is 18.2 Å². The monoisotopic (exact) mass is 315 g/mol. The lowest BCUT2D eigenvalue weighted by Crippen LogP contribution is -2.46. The van der Waals surface area contributed by atoms with Gasteiger partial charge in [-0.3, -0.25) is 0 Å². The van der Waals surface area contributed by atoms with Gasteiger partial charge in [-0.2, -0.15) is 0 Å². The summed E-state index contributed by atoms with van der Waals surface area (Å²) in [5, 5.41) is 2.70. The molecule has 1 N–H and O–H groups in total. The quantitative estimate of drug-likeness (QED) is 0.902. The minimum Gasteiger partial charge on any atom is -0.494 e. The summed E-state index contributed by atoms with van der Waals surface area (Å²) in [6.45, 7) is 0.